The molecule has 0 amide bonds. The average Bonchev–Trinajstić information content (AvgIpc) is 2.68. The van der Waals surface area contributed by atoms with E-state index in [-0.39, 0.29) is 23.0 Å². The second kappa shape index (κ2) is 7.73. The van der Waals surface area contributed by atoms with E-state index in [1.54, 1.807) is 24.3 Å². The van der Waals surface area contributed by atoms with Crippen LogP contribution in [-0.4, -0.2) is 23.0 Å². The zero-order valence-corrected chi connectivity index (χ0v) is 14.0. The Balaban J connectivity index is 1.85. The highest BCUT2D eigenvalue weighted by Gasteiger charge is 2.15. The molecular formula is C18H13F3N4O2. The fourth-order valence-corrected chi connectivity index (χ4v) is 2.25. The summed E-state index contributed by atoms with van der Waals surface area (Å²) in [7, 11) is 1.26. The summed E-state index contributed by atoms with van der Waals surface area (Å²) in [5, 5.41) is 5.41. The lowest BCUT2D eigenvalue weighted by Crippen LogP contribution is -2.07. The van der Waals surface area contributed by atoms with Crippen LogP contribution in [0.25, 0.3) is 0 Å². The topological polar surface area (TPSA) is 76.1 Å². The molecule has 2 N–H and O–H groups in total. The highest BCUT2D eigenvalue weighted by atomic mass is 19.2. The zero-order chi connectivity index (χ0) is 19.4. The molecule has 0 saturated carbocycles. The van der Waals surface area contributed by atoms with E-state index in [0.717, 1.165) is 12.1 Å². The first-order chi connectivity index (χ1) is 13.0. The standard InChI is InChI=1S/C18H13F3N4O2/c1-27-17(26)10-4-2-3-5-12(10)24-18-22-9-8-14(25-18)23-13-7-6-11(19)15(20)16(13)21/h2-9H,1H3,(H2,22,23,24,25). The Bertz CT molecular complexity index is 998. The summed E-state index contributed by atoms with van der Waals surface area (Å²) in [5.41, 5.74) is 0.391. The maximum absolute atomic E-state index is 13.8. The van der Waals surface area contributed by atoms with Gasteiger partial charge >= 0.3 is 5.97 Å². The van der Waals surface area contributed by atoms with Gasteiger partial charge in [-0.25, -0.2) is 22.9 Å². The molecule has 0 unspecified atom stereocenters. The van der Waals surface area contributed by atoms with Crippen LogP contribution in [-0.2, 0) is 4.74 Å². The summed E-state index contributed by atoms with van der Waals surface area (Å²) >= 11 is 0. The molecule has 1 aromatic heterocycles. The monoisotopic (exact) mass is 374 g/mol. The lowest BCUT2D eigenvalue weighted by atomic mass is 10.2. The van der Waals surface area contributed by atoms with Crippen LogP contribution in [0.4, 0.5) is 36.3 Å². The number of nitrogens with one attached hydrogen (secondary N) is 2. The highest BCUT2D eigenvalue weighted by molar-refractivity contribution is 5.96. The van der Waals surface area contributed by atoms with Crippen LogP contribution in [0.1, 0.15) is 10.4 Å². The van der Waals surface area contributed by atoms with Crippen LogP contribution in [0.15, 0.2) is 48.7 Å². The molecule has 138 valence electrons. The minimum absolute atomic E-state index is 0.0966. The highest BCUT2D eigenvalue weighted by Crippen LogP contribution is 2.24. The summed E-state index contributed by atoms with van der Waals surface area (Å²) in [5.74, 6) is -4.55. The van der Waals surface area contributed by atoms with E-state index in [9.17, 15) is 18.0 Å². The van der Waals surface area contributed by atoms with Crippen molar-refractivity contribution < 1.29 is 22.7 Å². The molecule has 2 aromatic carbocycles. The summed E-state index contributed by atoms with van der Waals surface area (Å²) in [6.07, 6.45) is 1.37. The van der Waals surface area contributed by atoms with Crippen molar-refractivity contribution in [2.75, 3.05) is 17.7 Å². The van der Waals surface area contributed by atoms with Gasteiger partial charge < -0.3 is 15.4 Å². The van der Waals surface area contributed by atoms with Crippen LogP contribution in [0.5, 0.6) is 0 Å². The van der Waals surface area contributed by atoms with Crippen molar-refractivity contribution >= 4 is 29.1 Å². The number of hydrogen-bond acceptors (Lipinski definition) is 6. The van der Waals surface area contributed by atoms with Crippen LogP contribution >= 0.6 is 0 Å². The Morgan fingerprint density at radius 1 is 0.963 bits per heavy atom. The number of nitrogens with zero attached hydrogens (tertiary/aromatic N) is 2. The summed E-state index contributed by atoms with van der Waals surface area (Å²) in [6.45, 7) is 0. The van der Waals surface area contributed by atoms with E-state index < -0.39 is 23.4 Å². The molecule has 0 aliphatic carbocycles. The molecule has 9 heteroatoms. The number of halogens is 3. The number of hydrogen-bond donors (Lipinski definition) is 2. The van der Waals surface area contributed by atoms with E-state index in [1.807, 2.05) is 0 Å². The van der Waals surface area contributed by atoms with Crippen molar-refractivity contribution in [3.8, 4) is 0 Å². The van der Waals surface area contributed by atoms with Crippen molar-refractivity contribution in [3.05, 3.63) is 71.7 Å². The van der Waals surface area contributed by atoms with E-state index in [0.29, 0.717) is 5.69 Å². The van der Waals surface area contributed by atoms with Gasteiger partial charge in [0.1, 0.15) is 5.82 Å². The van der Waals surface area contributed by atoms with Gasteiger partial charge in [0, 0.05) is 6.20 Å². The summed E-state index contributed by atoms with van der Waals surface area (Å²) in [6, 6.07) is 9.83. The number of carbonyl (C=O) groups is 1. The minimum Gasteiger partial charge on any atom is -0.465 e. The smallest absolute Gasteiger partial charge is 0.339 e. The van der Waals surface area contributed by atoms with Gasteiger partial charge in [0.15, 0.2) is 17.5 Å². The van der Waals surface area contributed by atoms with Crippen molar-refractivity contribution in [1.82, 2.24) is 9.97 Å². The SMILES string of the molecule is COC(=O)c1ccccc1Nc1nccc(Nc2ccc(F)c(F)c2F)n1. The Labute approximate surface area is 152 Å². The molecule has 0 radical (unpaired) electrons. The normalized spacial score (nSPS) is 10.4. The van der Waals surface area contributed by atoms with Gasteiger partial charge in [-0.15, -0.1) is 0 Å². The van der Waals surface area contributed by atoms with Gasteiger partial charge in [0.2, 0.25) is 5.95 Å². The molecule has 0 fully saturated rings. The lowest BCUT2D eigenvalue weighted by molar-refractivity contribution is 0.0602. The fraction of sp³-hybridized carbons (Fsp3) is 0.0556. The zero-order valence-electron chi connectivity index (χ0n) is 14.0. The molecule has 0 spiro atoms. The lowest BCUT2D eigenvalue weighted by Gasteiger charge is -2.11. The molecule has 1 heterocycles. The molecule has 27 heavy (non-hydrogen) atoms. The number of ether oxygens (including phenoxy) is 1. The molecule has 6 nitrogen and oxygen atoms in total. The van der Waals surface area contributed by atoms with E-state index in [4.69, 9.17) is 4.74 Å². The Morgan fingerprint density at radius 3 is 2.52 bits per heavy atom. The molecule has 0 aliphatic heterocycles. The third-order valence-electron chi connectivity index (χ3n) is 3.53. The summed E-state index contributed by atoms with van der Waals surface area (Å²) < 4.78 is 44.9. The number of methoxy groups -OCH3 is 1. The first kappa shape index (κ1) is 18.2. The molecule has 0 saturated heterocycles. The third-order valence-corrected chi connectivity index (χ3v) is 3.53. The maximum Gasteiger partial charge on any atom is 0.339 e. The number of esters is 1. The van der Waals surface area contributed by atoms with Gasteiger partial charge in [-0.3, -0.25) is 0 Å². The van der Waals surface area contributed by atoms with Crippen molar-refractivity contribution in [2.45, 2.75) is 0 Å². The third kappa shape index (κ3) is 3.97. The Kier molecular flexibility index (Phi) is 5.20. The first-order valence-electron chi connectivity index (χ1n) is 7.67. The number of aromatic nitrogens is 2. The molecule has 3 rings (SSSR count). The number of carbonyl (C=O) groups excluding carboxylic acids is 1. The first-order valence-corrected chi connectivity index (χ1v) is 7.67. The van der Waals surface area contributed by atoms with Crippen LogP contribution in [0, 0.1) is 17.5 Å². The largest absolute Gasteiger partial charge is 0.465 e. The van der Waals surface area contributed by atoms with E-state index in [1.165, 1.54) is 19.4 Å². The summed E-state index contributed by atoms with van der Waals surface area (Å²) in [4.78, 5) is 19.9. The second-order valence-electron chi connectivity index (χ2n) is 5.28. The molecule has 0 atom stereocenters. The van der Waals surface area contributed by atoms with Gasteiger partial charge in [0.25, 0.3) is 0 Å². The molecule has 0 bridgehead atoms. The van der Waals surface area contributed by atoms with Crippen molar-refractivity contribution in [2.24, 2.45) is 0 Å². The quantitative estimate of drug-likeness (QED) is 0.516. The minimum atomic E-state index is -1.58. The molecule has 3 aromatic rings. The Hall–Kier alpha value is -3.62. The number of para-hydroxylation sites is 1. The maximum atomic E-state index is 13.8. The van der Waals surface area contributed by atoms with Crippen molar-refractivity contribution in [3.63, 3.8) is 0 Å². The van der Waals surface area contributed by atoms with Gasteiger partial charge in [-0.05, 0) is 30.3 Å². The van der Waals surface area contributed by atoms with Gasteiger partial charge in [0.05, 0.1) is 24.0 Å². The van der Waals surface area contributed by atoms with Crippen LogP contribution in [0.3, 0.4) is 0 Å². The average molecular weight is 374 g/mol. The van der Waals surface area contributed by atoms with Crippen molar-refractivity contribution in [1.29, 1.82) is 0 Å². The van der Waals surface area contributed by atoms with Crippen LogP contribution in [0.2, 0.25) is 0 Å². The van der Waals surface area contributed by atoms with Gasteiger partial charge in [-0.1, -0.05) is 12.1 Å². The number of anilines is 4. The molecular weight excluding hydrogens is 361 g/mol. The van der Waals surface area contributed by atoms with E-state index in [2.05, 4.69) is 20.6 Å². The van der Waals surface area contributed by atoms with Gasteiger partial charge in [-0.2, -0.15) is 4.98 Å². The molecule has 0 aliphatic rings. The van der Waals surface area contributed by atoms with E-state index >= 15 is 0 Å². The number of benzene rings is 2. The Morgan fingerprint density at radius 2 is 1.74 bits per heavy atom. The second-order valence-corrected chi connectivity index (χ2v) is 5.28. The number of rotatable bonds is 5. The predicted octanol–water partition coefficient (Wildman–Crippen LogP) is 4.17. The fourth-order valence-electron chi connectivity index (χ4n) is 2.25. The van der Waals surface area contributed by atoms with Crippen LogP contribution < -0.4 is 10.6 Å². The predicted molar refractivity (Wildman–Crippen MR) is 92.7 cm³/mol.